The lowest BCUT2D eigenvalue weighted by atomic mass is 9.95. The third-order valence-corrected chi connectivity index (χ3v) is 4.56. The maximum atomic E-state index is 12.6. The van der Waals surface area contributed by atoms with Crippen molar-refractivity contribution in [3.8, 4) is 0 Å². The van der Waals surface area contributed by atoms with Gasteiger partial charge >= 0.3 is 6.03 Å². The molecule has 23 heavy (non-hydrogen) atoms. The summed E-state index contributed by atoms with van der Waals surface area (Å²) in [5.41, 5.74) is -1.26. The predicted molar refractivity (Wildman–Crippen MR) is 81.3 cm³/mol. The van der Waals surface area contributed by atoms with Crippen LogP contribution in [0.2, 0.25) is 0 Å². The van der Waals surface area contributed by atoms with Gasteiger partial charge in [0.25, 0.3) is 5.91 Å². The Morgan fingerprint density at radius 2 is 2.13 bits per heavy atom. The lowest BCUT2D eigenvalue weighted by molar-refractivity contribution is -0.135. The van der Waals surface area contributed by atoms with Crippen molar-refractivity contribution in [3.05, 3.63) is 24.2 Å². The number of hydrogen-bond donors (Lipinski definition) is 2. The Morgan fingerprint density at radius 3 is 2.78 bits per heavy atom. The van der Waals surface area contributed by atoms with Crippen LogP contribution < -0.4 is 10.6 Å². The van der Waals surface area contributed by atoms with Crippen LogP contribution in [0.25, 0.3) is 0 Å². The minimum Gasteiger partial charge on any atom is -0.466 e. The van der Waals surface area contributed by atoms with Crippen LogP contribution in [0.1, 0.15) is 44.8 Å². The van der Waals surface area contributed by atoms with Crippen LogP contribution in [0.15, 0.2) is 22.8 Å². The van der Waals surface area contributed by atoms with Gasteiger partial charge in [-0.15, -0.1) is 0 Å². The molecule has 4 amide bonds. The van der Waals surface area contributed by atoms with Crippen molar-refractivity contribution in [3.63, 3.8) is 0 Å². The van der Waals surface area contributed by atoms with Crippen LogP contribution >= 0.6 is 0 Å². The number of nitrogens with zero attached hydrogens (tertiary/aromatic N) is 1. The first-order chi connectivity index (χ1) is 11.0. The number of furan rings is 1. The lowest BCUT2D eigenvalue weighted by Crippen LogP contribution is -2.45. The number of carbonyl (C=O) groups is 3. The highest BCUT2D eigenvalue weighted by molar-refractivity contribution is 6.08. The molecule has 2 N–H and O–H groups in total. The molecule has 0 aromatic carbocycles. The monoisotopic (exact) mass is 319 g/mol. The molecule has 3 rings (SSSR count). The van der Waals surface area contributed by atoms with Gasteiger partial charge < -0.3 is 15.1 Å². The zero-order chi connectivity index (χ0) is 16.4. The summed E-state index contributed by atoms with van der Waals surface area (Å²) in [6.07, 6.45) is 6.75. The van der Waals surface area contributed by atoms with Crippen molar-refractivity contribution in [1.29, 1.82) is 0 Å². The molecule has 1 aliphatic heterocycles. The molecule has 1 aliphatic carbocycles. The van der Waals surface area contributed by atoms with Gasteiger partial charge in [0.1, 0.15) is 12.3 Å². The second kappa shape index (κ2) is 6.06. The summed E-state index contributed by atoms with van der Waals surface area (Å²) in [6.45, 7) is 1.31. The molecule has 0 radical (unpaired) electrons. The topological polar surface area (TPSA) is 91.7 Å². The highest BCUT2D eigenvalue weighted by Crippen LogP contribution is 2.28. The van der Waals surface area contributed by atoms with Crippen molar-refractivity contribution in [2.24, 2.45) is 0 Å². The van der Waals surface area contributed by atoms with E-state index in [-0.39, 0.29) is 18.5 Å². The molecule has 0 spiro atoms. The van der Waals surface area contributed by atoms with Crippen molar-refractivity contribution >= 4 is 17.8 Å². The number of hydrogen-bond acceptors (Lipinski definition) is 4. The van der Waals surface area contributed by atoms with E-state index in [1.54, 1.807) is 19.1 Å². The van der Waals surface area contributed by atoms with Crippen LogP contribution in [0.4, 0.5) is 4.79 Å². The van der Waals surface area contributed by atoms with Gasteiger partial charge in [-0.25, -0.2) is 4.79 Å². The van der Waals surface area contributed by atoms with Crippen molar-refractivity contribution in [2.45, 2.75) is 50.6 Å². The highest BCUT2D eigenvalue weighted by atomic mass is 16.3. The van der Waals surface area contributed by atoms with E-state index in [2.05, 4.69) is 10.6 Å². The molecule has 1 saturated heterocycles. The summed E-state index contributed by atoms with van der Waals surface area (Å²) in [6, 6.07) is 2.85. The van der Waals surface area contributed by atoms with Gasteiger partial charge in [-0.1, -0.05) is 19.3 Å². The van der Waals surface area contributed by atoms with E-state index in [1.807, 2.05) is 0 Å². The SMILES string of the molecule is C[C@]1(c2ccco2)NC(=O)N(CC(=O)NC2CCCCC2)C1=O. The number of nitrogens with one attached hydrogen (secondary N) is 2. The Labute approximate surface area is 134 Å². The highest BCUT2D eigenvalue weighted by Gasteiger charge is 2.51. The largest absolute Gasteiger partial charge is 0.466 e. The number of carbonyl (C=O) groups excluding carboxylic acids is 3. The average Bonchev–Trinajstić information content (AvgIpc) is 3.13. The summed E-state index contributed by atoms with van der Waals surface area (Å²) in [7, 11) is 0. The first-order valence-corrected chi connectivity index (χ1v) is 7.98. The van der Waals surface area contributed by atoms with E-state index in [4.69, 9.17) is 4.42 Å². The first kappa shape index (κ1) is 15.6. The second-order valence-electron chi connectivity index (χ2n) is 6.33. The summed E-state index contributed by atoms with van der Waals surface area (Å²) in [5.74, 6) is -0.425. The quantitative estimate of drug-likeness (QED) is 0.823. The normalized spacial score (nSPS) is 25.5. The molecule has 1 atom stereocenters. The standard InChI is InChI=1S/C16H21N3O4/c1-16(12-8-5-9-23-12)14(21)19(15(22)18-16)10-13(20)17-11-6-3-2-4-7-11/h5,8-9,11H,2-4,6-7,10H2,1H3,(H,17,20)(H,18,22)/t16-/m1/s1. The Hall–Kier alpha value is -2.31. The third-order valence-electron chi connectivity index (χ3n) is 4.56. The molecule has 7 heteroatoms. The van der Waals surface area contributed by atoms with E-state index >= 15 is 0 Å². The van der Waals surface area contributed by atoms with Crippen molar-refractivity contribution in [2.75, 3.05) is 6.54 Å². The Balaban J connectivity index is 1.65. The zero-order valence-electron chi connectivity index (χ0n) is 13.1. The second-order valence-corrected chi connectivity index (χ2v) is 6.33. The predicted octanol–water partition coefficient (Wildman–Crippen LogP) is 1.50. The Kier molecular flexibility index (Phi) is 4.11. The van der Waals surface area contributed by atoms with Crippen LogP contribution in [0.3, 0.4) is 0 Å². The Morgan fingerprint density at radius 1 is 1.39 bits per heavy atom. The van der Waals surface area contributed by atoms with E-state index in [0.717, 1.165) is 30.6 Å². The molecule has 1 aromatic rings. The van der Waals surface area contributed by atoms with Crippen LogP contribution in [0.5, 0.6) is 0 Å². The van der Waals surface area contributed by atoms with Gasteiger partial charge in [0, 0.05) is 6.04 Å². The van der Waals surface area contributed by atoms with Crippen molar-refractivity contribution in [1.82, 2.24) is 15.5 Å². The van der Waals surface area contributed by atoms with E-state index in [9.17, 15) is 14.4 Å². The zero-order valence-corrected chi connectivity index (χ0v) is 13.1. The molecular formula is C16H21N3O4. The fraction of sp³-hybridized carbons (Fsp3) is 0.562. The van der Waals surface area contributed by atoms with Gasteiger partial charge in [0.15, 0.2) is 5.54 Å². The molecule has 1 aromatic heterocycles. The van der Waals surface area contributed by atoms with Crippen LogP contribution in [-0.2, 0) is 15.1 Å². The van der Waals surface area contributed by atoms with Gasteiger partial charge in [-0.2, -0.15) is 0 Å². The lowest BCUT2D eigenvalue weighted by Gasteiger charge is -2.24. The fourth-order valence-corrected chi connectivity index (χ4v) is 3.23. The molecule has 1 saturated carbocycles. The molecule has 2 fully saturated rings. The molecular weight excluding hydrogens is 298 g/mol. The number of urea groups is 1. The first-order valence-electron chi connectivity index (χ1n) is 7.98. The summed E-state index contributed by atoms with van der Waals surface area (Å²) < 4.78 is 5.25. The molecule has 2 aliphatic rings. The summed E-state index contributed by atoms with van der Waals surface area (Å²) in [4.78, 5) is 37.8. The van der Waals surface area contributed by atoms with Crippen molar-refractivity contribution < 1.29 is 18.8 Å². The minimum absolute atomic E-state index is 0.147. The average molecular weight is 319 g/mol. The molecule has 0 bridgehead atoms. The summed E-state index contributed by atoms with van der Waals surface area (Å²) in [5, 5.41) is 5.52. The minimum atomic E-state index is -1.26. The number of amides is 4. The molecule has 0 unspecified atom stereocenters. The third kappa shape index (κ3) is 2.95. The molecule has 7 nitrogen and oxygen atoms in total. The smallest absolute Gasteiger partial charge is 0.325 e. The fourth-order valence-electron chi connectivity index (χ4n) is 3.23. The maximum Gasteiger partial charge on any atom is 0.325 e. The summed E-state index contributed by atoms with van der Waals surface area (Å²) >= 11 is 0. The van der Waals surface area contributed by atoms with Gasteiger partial charge in [0.2, 0.25) is 5.91 Å². The van der Waals surface area contributed by atoms with Crippen LogP contribution in [0, 0.1) is 0 Å². The maximum absolute atomic E-state index is 12.6. The van der Waals surface area contributed by atoms with E-state index < -0.39 is 17.5 Å². The van der Waals surface area contributed by atoms with E-state index in [0.29, 0.717) is 5.76 Å². The Bertz CT molecular complexity index is 607. The number of imide groups is 1. The molecule has 2 heterocycles. The van der Waals surface area contributed by atoms with Gasteiger partial charge in [0.05, 0.1) is 6.26 Å². The molecule has 124 valence electrons. The van der Waals surface area contributed by atoms with Gasteiger partial charge in [-0.05, 0) is 31.9 Å². The number of rotatable bonds is 4. The van der Waals surface area contributed by atoms with E-state index in [1.165, 1.54) is 12.7 Å². The van der Waals surface area contributed by atoms with Crippen LogP contribution in [-0.4, -0.2) is 35.3 Å². The van der Waals surface area contributed by atoms with Gasteiger partial charge in [-0.3, -0.25) is 14.5 Å².